The van der Waals surface area contributed by atoms with Crippen LogP contribution in [-0.4, -0.2) is 15.0 Å². The zero-order valence-electron chi connectivity index (χ0n) is 5.94. The Morgan fingerprint density at radius 2 is 2.25 bits per heavy atom. The van der Waals surface area contributed by atoms with E-state index in [9.17, 15) is 0 Å². The molecule has 0 aliphatic carbocycles. The van der Waals surface area contributed by atoms with Gasteiger partial charge < -0.3 is 0 Å². The Balaban J connectivity index is 2.45. The quantitative estimate of drug-likeness (QED) is 0.770. The molecule has 0 atom stereocenters. The van der Waals surface area contributed by atoms with Crippen LogP contribution in [0.4, 0.5) is 0 Å². The highest BCUT2D eigenvalue weighted by Gasteiger charge is 2.02. The zero-order valence-corrected chi connectivity index (χ0v) is 8.34. The molecule has 2 heterocycles. The van der Waals surface area contributed by atoms with Crippen molar-refractivity contribution in [3.05, 3.63) is 28.6 Å². The maximum atomic E-state index is 4.21. The molecule has 0 N–H and O–H groups in total. The maximum Gasteiger partial charge on any atom is 0.144 e. The van der Waals surface area contributed by atoms with Gasteiger partial charge in [-0.05, 0) is 15.9 Å². The van der Waals surface area contributed by atoms with Crippen molar-refractivity contribution in [1.29, 1.82) is 0 Å². The van der Waals surface area contributed by atoms with Crippen LogP contribution < -0.4 is 0 Å². The number of hydrogen-bond acceptors (Lipinski definition) is 4. The molecule has 5 heteroatoms. The summed E-state index contributed by atoms with van der Waals surface area (Å²) in [6, 6.07) is 0. The Bertz CT molecular complexity index is 373. The van der Waals surface area contributed by atoms with Crippen molar-refractivity contribution < 1.29 is 0 Å². The van der Waals surface area contributed by atoms with E-state index in [4.69, 9.17) is 0 Å². The molecule has 0 spiro atoms. The number of thiazole rings is 1. The molecule has 0 bridgehead atoms. The summed E-state index contributed by atoms with van der Waals surface area (Å²) >= 11 is 4.82. The van der Waals surface area contributed by atoms with Gasteiger partial charge in [-0.3, -0.25) is 9.97 Å². The highest BCUT2D eigenvalue weighted by Crippen LogP contribution is 2.23. The molecule has 0 aliphatic heterocycles. The number of halogens is 1. The fourth-order valence-corrected chi connectivity index (χ4v) is 2.00. The van der Waals surface area contributed by atoms with Crippen LogP contribution in [0.5, 0.6) is 0 Å². The fourth-order valence-electron chi connectivity index (χ4n) is 0.781. The van der Waals surface area contributed by atoms with E-state index in [-0.39, 0.29) is 0 Å². The van der Waals surface area contributed by atoms with Crippen LogP contribution in [0.15, 0.2) is 28.6 Å². The highest BCUT2D eigenvalue weighted by molar-refractivity contribution is 9.10. The van der Waals surface area contributed by atoms with E-state index in [1.807, 2.05) is 5.38 Å². The van der Waals surface area contributed by atoms with Gasteiger partial charge in [-0.25, -0.2) is 4.98 Å². The van der Waals surface area contributed by atoms with E-state index in [1.54, 1.807) is 29.9 Å². The van der Waals surface area contributed by atoms with Crippen molar-refractivity contribution in [2.45, 2.75) is 0 Å². The lowest BCUT2D eigenvalue weighted by Crippen LogP contribution is -1.81. The lowest BCUT2D eigenvalue weighted by Gasteiger charge is -1.90. The lowest BCUT2D eigenvalue weighted by atomic mass is 10.5. The van der Waals surface area contributed by atoms with Gasteiger partial charge in [0.05, 0.1) is 6.20 Å². The molecular weight excluding hydrogens is 238 g/mol. The van der Waals surface area contributed by atoms with Gasteiger partial charge in [-0.2, -0.15) is 0 Å². The van der Waals surface area contributed by atoms with Crippen molar-refractivity contribution in [1.82, 2.24) is 15.0 Å². The predicted molar refractivity (Wildman–Crippen MR) is 50.8 cm³/mol. The Morgan fingerprint density at radius 3 is 2.83 bits per heavy atom. The molecule has 0 saturated heterocycles. The van der Waals surface area contributed by atoms with Gasteiger partial charge in [0.15, 0.2) is 0 Å². The van der Waals surface area contributed by atoms with Crippen LogP contribution in [-0.2, 0) is 0 Å². The van der Waals surface area contributed by atoms with E-state index in [1.165, 1.54) is 0 Å². The Hall–Kier alpha value is -0.810. The summed E-state index contributed by atoms with van der Waals surface area (Å²) in [5.41, 5.74) is 0.813. The van der Waals surface area contributed by atoms with Crippen LogP contribution in [0, 0.1) is 0 Å². The van der Waals surface area contributed by atoms with E-state index in [0.717, 1.165) is 15.3 Å². The van der Waals surface area contributed by atoms with Crippen molar-refractivity contribution in [3.8, 4) is 10.7 Å². The standard InChI is InChI=1S/C7H4BrN3S/c8-6-4-12-7(11-6)5-3-9-1-2-10-5/h1-4H. The molecule has 0 aliphatic rings. The average molecular weight is 242 g/mol. The van der Waals surface area contributed by atoms with E-state index in [0.29, 0.717) is 0 Å². The molecule has 0 radical (unpaired) electrons. The monoisotopic (exact) mass is 241 g/mol. The topological polar surface area (TPSA) is 38.7 Å². The molecule has 0 saturated carbocycles. The molecule has 0 fully saturated rings. The van der Waals surface area contributed by atoms with E-state index < -0.39 is 0 Å². The Morgan fingerprint density at radius 1 is 1.33 bits per heavy atom. The van der Waals surface area contributed by atoms with Gasteiger partial charge in [-0.15, -0.1) is 11.3 Å². The van der Waals surface area contributed by atoms with Gasteiger partial charge in [0, 0.05) is 17.8 Å². The average Bonchev–Trinajstić information content (AvgIpc) is 2.54. The normalized spacial score (nSPS) is 10.1. The molecule has 60 valence electrons. The van der Waals surface area contributed by atoms with Crippen LogP contribution in [0.25, 0.3) is 10.7 Å². The number of hydrogen-bond donors (Lipinski definition) is 0. The minimum atomic E-state index is 0.813. The number of rotatable bonds is 1. The van der Waals surface area contributed by atoms with Crippen LogP contribution in [0.1, 0.15) is 0 Å². The van der Waals surface area contributed by atoms with E-state index >= 15 is 0 Å². The largest absolute Gasteiger partial charge is 0.261 e. The van der Waals surface area contributed by atoms with Crippen LogP contribution >= 0.6 is 27.3 Å². The predicted octanol–water partition coefficient (Wildman–Crippen LogP) is 2.36. The molecule has 2 rings (SSSR count). The summed E-state index contributed by atoms with van der Waals surface area (Å²) in [5, 5.41) is 2.80. The highest BCUT2D eigenvalue weighted by atomic mass is 79.9. The molecule has 0 unspecified atom stereocenters. The number of aromatic nitrogens is 3. The molecular formula is C7H4BrN3S. The second-order valence-electron chi connectivity index (χ2n) is 2.07. The minimum Gasteiger partial charge on any atom is -0.261 e. The summed E-state index contributed by atoms with van der Waals surface area (Å²) < 4.78 is 0.841. The SMILES string of the molecule is Brc1csc(-c2cnccn2)n1. The lowest BCUT2D eigenvalue weighted by molar-refractivity contribution is 1.19. The van der Waals surface area contributed by atoms with Crippen molar-refractivity contribution in [2.24, 2.45) is 0 Å². The summed E-state index contributed by atoms with van der Waals surface area (Å²) in [7, 11) is 0. The third kappa shape index (κ3) is 1.51. The number of nitrogens with zero attached hydrogens (tertiary/aromatic N) is 3. The second kappa shape index (κ2) is 3.28. The third-order valence-electron chi connectivity index (χ3n) is 1.26. The smallest absolute Gasteiger partial charge is 0.144 e. The summed E-state index contributed by atoms with van der Waals surface area (Å²) in [6.45, 7) is 0. The fraction of sp³-hybridized carbons (Fsp3) is 0. The summed E-state index contributed by atoms with van der Waals surface area (Å²) in [6.07, 6.45) is 5.00. The molecule has 2 aromatic heterocycles. The van der Waals surface area contributed by atoms with Crippen molar-refractivity contribution >= 4 is 27.3 Å². The first-order chi connectivity index (χ1) is 5.86. The third-order valence-corrected chi connectivity index (χ3v) is 2.83. The van der Waals surface area contributed by atoms with Gasteiger partial charge in [0.1, 0.15) is 15.3 Å². The molecule has 0 amide bonds. The van der Waals surface area contributed by atoms with E-state index in [2.05, 4.69) is 30.9 Å². The van der Waals surface area contributed by atoms with Gasteiger partial charge in [0.2, 0.25) is 0 Å². The van der Waals surface area contributed by atoms with Gasteiger partial charge in [-0.1, -0.05) is 0 Å². The zero-order chi connectivity index (χ0) is 8.39. The van der Waals surface area contributed by atoms with Gasteiger partial charge in [0.25, 0.3) is 0 Å². The summed E-state index contributed by atoms with van der Waals surface area (Å²) in [4.78, 5) is 12.3. The first-order valence-electron chi connectivity index (χ1n) is 3.23. The van der Waals surface area contributed by atoms with Crippen LogP contribution in [0.3, 0.4) is 0 Å². The van der Waals surface area contributed by atoms with Crippen LogP contribution in [0.2, 0.25) is 0 Å². The van der Waals surface area contributed by atoms with Crippen molar-refractivity contribution in [3.63, 3.8) is 0 Å². The first-order valence-corrected chi connectivity index (χ1v) is 4.91. The first kappa shape index (κ1) is 7.82. The summed E-state index contributed by atoms with van der Waals surface area (Å²) in [5.74, 6) is 0. The van der Waals surface area contributed by atoms with Gasteiger partial charge >= 0.3 is 0 Å². The second-order valence-corrected chi connectivity index (χ2v) is 3.74. The molecule has 3 nitrogen and oxygen atoms in total. The minimum absolute atomic E-state index is 0.813. The Labute approximate surface area is 81.7 Å². The molecule has 2 aromatic rings. The molecule has 12 heavy (non-hydrogen) atoms. The van der Waals surface area contributed by atoms with Crippen molar-refractivity contribution in [2.75, 3.05) is 0 Å². The maximum absolute atomic E-state index is 4.21. The Kier molecular flexibility index (Phi) is 2.14. The molecule has 0 aromatic carbocycles.